The summed E-state index contributed by atoms with van der Waals surface area (Å²) in [6.07, 6.45) is 9.18. The second-order valence-corrected chi connectivity index (χ2v) is 3.98. The first-order valence-electron chi connectivity index (χ1n) is 5.53. The standard InChI is InChI=1S/C14H13N2/c1-2-9-16-10-6-13(14(16)3-1)11-12-4-7-15-8-5-12/h1-5,7-9,11H,6,10H2/q+1. The topological polar surface area (TPSA) is 16.8 Å². The molecule has 1 aliphatic heterocycles. The molecule has 2 aromatic rings. The van der Waals surface area contributed by atoms with E-state index in [9.17, 15) is 0 Å². The molecular formula is C14H13N2+. The largest absolute Gasteiger partial charge is 0.265 e. The predicted molar refractivity (Wildman–Crippen MR) is 63.4 cm³/mol. The molecule has 78 valence electrons. The summed E-state index contributed by atoms with van der Waals surface area (Å²) in [6.45, 7) is 1.09. The predicted octanol–water partition coefficient (Wildman–Crippen LogP) is 2.31. The van der Waals surface area contributed by atoms with Gasteiger partial charge in [-0.2, -0.15) is 4.57 Å². The molecule has 0 saturated heterocycles. The molecule has 2 nitrogen and oxygen atoms in total. The molecule has 0 spiro atoms. The van der Waals surface area contributed by atoms with Crippen LogP contribution in [0.25, 0.3) is 11.6 Å². The molecule has 0 atom stereocenters. The van der Waals surface area contributed by atoms with E-state index in [1.165, 1.54) is 16.8 Å². The van der Waals surface area contributed by atoms with E-state index in [4.69, 9.17) is 0 Å². The van der Waals surface area contributed by atoms with Crippen molar-refractivity contribution in [3.8, 4) is 0 Å². The van der Waals surface area contributed by atoms with Crippen LogP contribution in [0, 0.1) is 0 Å². The SMILES string of the molecule is C(=C1CC[n+]2ccccc21)c1ccncc1. The smallest absolute Gasteiger partial charge is 0.208 e. The molecule has 0 bridgehead atoms. The highest BCUT2D eigenvalue weighted by molar-refractivity contribution is 5.79. The zero-order valence-electron chi connectivity index (χ0n) is 9.00. The highest BCUT2D eigenvalue weighted by Gasteiger charge is 2.22. The van der Waals surface area contributed by atoms with E-state index in [2.05, 4.69) is 40.0 Å². The van der Waals surface area contributed by atoms with Crippen LogP contribution in [0.2, 0.25) is 0 Å². The summed E-state index contributed by atoms with van der Waals surface area (Å²) in [4.78, 5) is 4.03. The van der Waals surface area contributed by atoms with E-state index in [0.29, 0.717) is 0 Å². The van der Waals surface area contributed by atoms with Gasteiger partial charge in [-0.3, -0.25) is 4.98 Å². The average molecular weight is 209 g/mol. The van der Waals surface area contributed by atoms with Crippen molar-refractivity contribution in [3.63, 3.8) is 0 Å². The third kappa shape index (κ3) is 1.63. The lowest BCUT2D eigenvalue weighted by Gasteiger charge is -1.94. The van der Waals surface area contributed by atoms with Crippen molar-refractivity contribution in [1.82, 2.24) is 4.98 Å². The molecule has 0 unspecified atom stereocenters. The maximum Gasteiger partial charge on any atom is 0.208 e. The van der Waals surface area contributed by atoms with E-state index in [1.807, 2.05) is 24.5 Å². The molecule has 3 rings (SSSR count). The van der Waals surface area contributed by atoms with Crippen LogP contribution in [0.15, 0.2) is 48.9 Å². The normalized spacial score (nSPS) is 16.4. The van der Waals surface area contributed by atoms with Gasteiger partial charge in [0.15, 0.2) is 12.7 Å². The minimum Gasteiger partial charge on any atom is -0.265 e. The van der Waals surface area contributed by atoms with Gasteiger partial charge in [0, 0.05) is 36.5 Å². The lowest BCUT2D eigenvalue weighted by molar-refractivity contribution is -0.689. The van der Waals surface area contributed by atoms with Gasteiger partial charge in [0.1, 0.15) is 0 Å². The van der Waals surface area contributed by atoms with Gasteiger partial charge >= 0.3 is 0 Å². The molecular weight excluding hydrogens is 196 g/mol. The number of fused-ring (bicyclic) bond motifs is 1. The Labute approximate surface area is 94.9 Å². The van der Waals surface area contributed by atoms with Gasteiger partial charge in [0.25, 0.3) is 0 Å². The molecule has 0 aliphatic carbocycles. The van der Waals surface area contributed by atoms with Crippen LogP contribution in [-0.2, 0) is 6.54 Å². The Kier molecular flexibility index (Phi) is 2.26. The van der Waals surface area contributed by atoms with Gasteiger partial charge in [-0.05, 0) is 29.8 Å². The molecule has 2 aromatic heterocycles. The van der Waals surface area contributed by atoms with Crippen molar-refractivity contribution >= 4 is 11.6 Å². The van der Waals surface area contributed by atoms with E-state index in [-0.39, 0.29) is 0 Å². The number of aromatic nitrogens is 2. The highest BCUT2D eigenvalue weighted by Crippen LogP contribution is 2.22. The Morgan fingerprint density at radius 3 is 2.88 bits per heavy atom. The van der Waals surface area contributed by atoms with Crippen molar-refractivity contribution in [3.05, 3.63) is 60.2 Å². The summed E-state index contributed by atoms with van der Waals surface area (Å²) in [7, 11) is 0. The summed E-state index contributed by atoms with van der Waals surface area (Å²) in [6, 6.07) is 10.4. The number of pyridine rings is 2. The van der Waals surface area contributed by atoms with Gasteiger partial charge in [-0.25, -0.2) is 0 Å². The fourth-order valence-corrected chi connectivity index (χ4v) is 2.14. The van der Waals surface area contributed by atoms with Gasteiger partial charge in [0.2, 0.25) is 5.69 Å². The second-order valence-electron chi connectivity index (χ2n) is 3.98. The first-order chi connectivity index (χ1) is 7.93. The molecule has 0 aromatic carbocycles. The van der Waals surface area contributed by atoms with Gasteiger partial charge in [-0.1, -0.05) is 0 Å². The maximum atomic E-state index is 4.03. The summed E-state index contributed by atoms with van der Waals surface area (Å²) in [5.74, 6) is 0. The Balaban J connectivity index is 2.02. The maximum absolute atomic E-state index is 4.03. The molecule has 0 N–H and O–H groups in total. The molecule has 0 saturated carbocycles. The zero-order valence-corrected chi connectivity index (χ0v) is 9.00. The third-order valence-corrected chi connectivity index (χ3v) is 2.94. The number of hydrogen-bond acceptors (Lipinski definition) is 1. The van der Waals surface area contributed by atoms with Crippen LogP contribution in [0.1, 0.15) is 17.7 Å². The summed E-state index contributed by atoms with van der Waals surface area (Å²) in [5, 5.41) is 0. The Morgan fingerprint density at radius 1 is 1.12 bits per heavy atom. The van der Waals surface area contributed by atoms with Gasteiger partial charge in [0.05, 0.1) is 0 Å². The summed E-state index contributed by atoms with van der Waals surface area (Å²) in [5.41, 5.74) is 3.97. The van der Waals surface area contributed by atoms with Crippen LogP contribution < -0.4 is 4.57 Å². The zero-order chi connectivity index (χ0) is 10.8. The van der Waals surface area contributed by atoms with E-state index in [0.717, 1.165) is 13.0 Å². The summed E-state index contributed by atoms with van der Waals surface area (Å²) >= 11 is 0. The highest BCUT2D eigenvalue weighted by atomic mass is 15.0. The number of hydrogen-bond donors (Lipinski definition) is 0. The Bertz CT molecular complexity index is 529. The molecule has 16 heavy (non-hydrogen) atoms. The van der Waals surface area contributed by atoms with Crippen molar-refractivity contribution in [1.29, 1.82) is 0 Å². The van der Waals surface area contributed by atoms with Gasteiger partial charge in [-0.15, -0.1) is 0 Å². The Hall–Kier alpha value is -1.96. The third-order valence-electron chi connectivity index (χ3n) is 2.94. The first kappa shape index (κ1) is 9.28. The number of rotatable bonds is 1. The lowest BCUT2D eigenvalue weighted by atomic mass is 10.1. The molecule has 3 heterocycles. The molecule has 0 radical (unpaired) electrons. The van der Waals surface area contributed by atoms with Crippen LogP contribution in [0.4, 0.5) is 0 Å². The monoisotopic (exact) mass is 209 g/mol. The van der Waals surface area contributed by atoms with Gasteiger partial charge < -0.3 is 0 Å². The van der Waals surface area contributed by atoms with E-state index in [1.54, 1.807) is 0 Å². The molecule has 0 fully saturated rings. The van der Waals surface area contributed by atoms with Crippen LogP contribution in [-0.4, -0.2) is 4.98 Å². The molecule has 0 amide bonds. The minimum atomic E-state index is 1.09. The second kappa shape index (κ2) is 3.89. The van der Waals surface area contributed by atoms with Crippen LogP contribution >= 0.6 is 0 Å². The fraction of sp³-hybridized carbons (Fsp3) is 0.143. The van der Waals surface area contributed by atoms with E-state index >= 15 is 0 Å². The quantitative estimate of drug-likeness (QED) is 0.659. The van der Waals surface area contributed by atoms with Crippen molar-refractivity contribution < 1.29 is 4.57 Å². The number of aryl methyl sites for hydroxylation is 1. The van der Waals surface area contributed by atoms with E-state index < -0.39 is 0 Å². The first-order valence-corrected chi connectivity index (χ1v) is 5.53. The van der Waals surface area contributed by atoms with Crippen LogP contribution in [0.5, 0.6) is 0 Å². The molecule has 2 heteroatoms. The average Bonchev–Trinajstić information content (AvgIpc) is 2.74. The molecule has 1 aliphatic rings. The number of nitrogens with zero attached hydrogens (tertiary/aromatic N) is 2. The number of allylic oxidation sites excluding steroid dienone is 1. The summed E-state index contributed by atoms with van der Waals surface area (Å²) < 4.78 is 2.30. The minimum absolute atomic E-state index is 1.09. The Morgan fingerprint density at radius 2 is 2.00 bits per heavy atom. The van der Waals surface area contributed by atoms with Crippen molar-refractivity contribution in [2.45, 2.75) is 13.0 Å². The van der Waals surface area contributed by atoms with Crippen molar-refractivity contribution in [2.24, 2.45) is 0 Å². The van der Waals surface area contributed by atoms with Crippen LogP contribution in [0.3, 0.4) is 0 Å². The lowest BCUT2D eigenvalue weighted by Crippen LogP contribution is -2.31. The fourth-order valence-electron chi connectivity index (χ4n) is 2.14. The van der Waals surface area contributed by atoms with Crippen molar-refractivity contribution in [2.75, 3.05) is 0 Å².